The van der Waals surface area contributed by atoms with Gasteiger partial charge in [0.25, 0.3) is 0 Å². The summed E-state index contributed by atoms with van der Waals surface area (Å²) in [5.74, 6) is 3.13. The number of rotatable bonds is 4. The molecule has 0 saturated heterocycles. The third-order valence-electron chi connectivity index (χ3n) is 3.55. The second-order valence-corrected chi connectivity index (χ2v) is 4.56. The first-order valence-electron chi connectivity index (χ1n) is 6.10. The summed E-state index contributed by atoms with van der Waals surface area (Å²) in [7, 11) is 1.89. The molecular weight excluding hydrogens is 200 g/mol. The number of nitrogens with zero attached hydrogens (tertiary/aromatic N) is 1. The molecule has 0 aromatic rings. The minimum Gasteiger partial charge on any atom is -0.342 e. The topological polar surface area (TPSA) is 46.3 Å². The number of hydrogen-bond donors (Lipinski definition) is 1. The molecule has 0 heterocycles. The van der Waals surface area contributed by atoms with Crippen LogP contribution in [-0.2, 0) is 4.79 Å². The molecule has 2 atom stereocenters. The van der Waals surface area contributed by atoms with Crippen molar-refractivity contribution in [3.05, 3.63) is 0 Å². The standard InChI is InChI=1S/C13H22N2O/c1-3-4-9-13(16)15(2)12-8-6-5-7-11(12)10-14/h1,11-12H,4-10,14H2,2H3. The highest BCUT2D eigenvalue weighted by Crippen LogP contribution is 2.27. The molecular formula is C13H22N2O. The predicted molar refractivity (Wildman–Crippen MR) is 65.6 cm³/mol. The molecule has 0 spiro atoms. The van der Waals surface area contributed by atoms with E-state index in [-0.39, 0.29) is 5.91 Å². The second-order valence-electron chi connectivity index (χ2n) is 4.56. The molecule has 0 radical (unpaired) electrons. The van der Waals surface area contributed by atoms with Gasteiger partial charge in [-0.3, -0.25) is 4.79 Å². The van der Waals surface area contributed by atoms with Crippen LogP contribution >= 0.6 is 0 Å². The number of terminal acetylenes is 1. The molecule has 2 unspecified atom stereocenters. The Morgan fingerprint density at radius 1 is 1.50 bits per heavy atom. The first-order valence-corrected chi connectivity index (χ1v) is 6.10. The number of carbonyl (C=O) groups excluding carboxylic acids is 1. The molecule has 0 bridgehead atoms. The molecule has 3 nitrogen and oxygen atoms in total. The van der Waals surface area contributed by atoms with E-state index < -0.39 is 0 Å². The van der Waals surface area contributed by atoms with Crippen molar-refractivity contribution in [3.63, 3.8) is 0 Å². The van der Waals surface area contributed by atoms with Crippen LogP contribution in [0.25, 0.3) is 0 Å². The van der Waals surface area contributed by atoms with Crippen LogP contribution < -0.4 is 5.73 Å². The average molecular weight is 222 g/mol. The van der Waals surface area contributed by atoms with Crippen molar-refractivity contribution in [2.24, 2.45) is 11.7 Å². The van der Waals surface area contributed by atoms with Crippen LogP contribution in [0, 0.1) is 18.3 Å². The Bertz CT molecular complexity index is 270. The van der Waals surface area contributed by atoms with E-state index in [0.29, 0.717) is 31.3 Å². The minimum absolute atomic E-state index is 0.156. The summed E-state index contributed by atoms with van der Waals surface area (Å²) in [5, 5.41) is 0. The van der Waals surface area contributed by atoms with E-state index in [1.807, 2.05) is 11.9 Å². The Hall–Kier alpha value is -1.01. The second kappa shape index (κ2) is 6.55. The van der Waals surface area contributed by atoms with Crippen molar-refractivity contribution in [1.29, 1.82) is 0 Å². The van der Waals surface area contributed by atoms with Gasteiger partial charge < -0.3 is 10.6 Å². The molecule has 0 aromatic carbocycles. The lowest BCUT2D eigenvalue weighted by Gasteiger charge is -2.37. The average Bonchev–Trinajstić information content (AvgIpc) is 2.34. The highest BCUT2D eigenvalue weighted by atomic mass is 16.2. The van der Waals surface area contributed by atoms with Gasteiger partial charge in [0.15, 0.2) is 0 Å². The number of carbonyl (C=O) groups is 1. The van der Waals surface area contributed by atoms with Gasteiger partial charge in [-0.15, -0.1) is 12.3 Å². The van der Waals surface area contributed by atoms with Crippen LogP contribution in [0.4, 0.5) is 0 Å². The van der Waals surface area contributed by atoms with Crippen LogP contribution in [-0.4, -0.2) is 30.4 Å². The van der Waals surface area contributed by atoms with Gasteiger partial charge in [0.1, 0.15) is 0 Å². The molecule has 0 aliphatic heterocycles. The van der Waals surface area contributed by atoms with Crippen LogP contribution in [0.3, 0.4) is 0 Å². The van der Waals surface area contributed by atoms with Gasteiger partial charge in [0, 0.05) is 25.9 Å². The molecule has 3 heteroatoms. The van der Waals surface area contributed by atoms with Gasteiger partial charge in [-0.1, -0.05) is 12.8 Å². The van der Waals surface area contributed by atoms with E-state index in [9.17, 15) is 4.79 Å². The van der Waals surface area contributed by atoms with Crippen molar-refractivity contribution in [2.45, 2.75) is 44.6 Å². The largest absolute Gasteiger partial charge is 0.342 e. The number of nitrogens with two attached hydrogens (primary N) is 1. The first-order chi connectivity index (χ1) is 7.70. The molecule has 16 heavy (non-hydrogen) atoms. The Morgan fingerprint density at radius 3 is 2.81 bits per heavy atom. The van der Waals surface area contributed by atoms with Crippen LogP contribution in [0.1, 0.15) is 38.5 Å². The molecule has 1 rings (SSSR count). The highest BCUT2D eigenvalue weighted by Gasteiger charge is 2.29. The van der Waals surface area contributed by atoms with Gasteiger partial charge in [-0.2, -0.15) is 0 Å². The van der Waals surface area contributed by atoms with Gasteiger partial charge in [0.05, 0.1) is 0 Å². The summed E-state index contributed by atoms with van der Waals surface area (Å²) >= 11 is 0. The molecule has 90 valence electrons. The maximum absolute atomic E-state index is 11.9. The van der Waals surface area contributed by atoms with Crippen LogP contribution in [0.5, 0.6) is 0 Å². The fraction of sp³-hybridized carbons (Fsp3) is 0.769. The van der Waals surface area contributed by atoms with E-state index in [2.05, 4.69) is 5.92 Å². The fourth-order valence-corrected chi connectivity index (χ4v) is 2.51. The lowest BCUT2D eigenvalue weighted by atomic mass is 9.83. The van der Waals surface area contributed by atoms with Crippen molar-refractivity contribution in [1.82, 2.24) is 4.90 Å². The monoisotopic (exact) mass is 222 g/mol. The van der Waals surface area contributed by atoms with Crippen LogP contribution in [0.2, 0.25) is 0 Å². The molecule has 2 N–H and O–H groups in total. The van der Waals surface area contributed by atoms with Gasteiger partial charge in [-0.25, -0.2) is 0 Å². The first kappa shape index (κ1) is 13.1. The predicted octanol–water partition coefficient (Wildman–Crippen LogP) is 1.38. The normalized spacial score (nSPS) is 24.8. The smallest absolute Gasteiger partial charge is 0.223 e. The Balaban J connectivity index is 2.53. The van der Waals surface area contributed by atoms with Gasteiger partial charge in [0.2, 0.25) is 5.91 Å². The Kier molecular flexibility index (Phi) is 5.34. The van der Waals surface area contributed by atoms with Gasteiger partial charge >= 0.3 is 0 Å². The van der Waals surface area contributed by atoms with E-state index in [1.165, 1.54) is 12.8 Å². The third-order valence-corrected chi connectivity index (χ3v) is 3.55. The van der Waals surface area contributed by atoms with Gasteiger partial charge in [-0.05, 0) is 25.3 Å². The highest BCUT2D eigenvalue weighted by molar-refractivity contribution is 5.76. The summed E-state index contributed by atoms with van der Waals surface area (Å²) in [5.41, 5.74) is 5.76. The fourth-order valence-electron chi connectivity index (χ4n) is 2.51. The Morgan fingerprint density at radius 2 is 2.19 bits per heavy atom. The lowest BCUT2D eigenvalue weighted by molar-refractivity contribution is -0.133. The zero-order valence-corrected chi connectivity index (χ0v) is 10.1. The van der Waals surface area contributed by atoms with E-state index in [1.54, 1.807) is 0 Å². The van der Waals surface area contributed by atoms with E-state index in [0.717, 1.165) is 12.8 Å². The van der Waals surface area contributed by atoms with Crippen molar-refractivity contribution in [2.75, 3.05) is 13.6 Å². The van der Waals surface area contributed by atoms with Crippen molar-refractivity contribution >= 4 is 5.91 Å². The van der Waals surface area contributed by atoms with E-state index >= 15 is 0 Å². The quantitative estimate of drug-likeness (QED) is 0.730. The summed E-state index contributed by atoms with van der Waals surface area (Å²) in [6, 6.07) is 0.323. The molecule has 1 amide bonds. The summed E-state index contributed by atoms with van der Waals surface area (Å²) in [6.07, 6.45) is 10.8. The summed E-state index contributed by atoms with van der Waals surface area (Å²) in [6.45, 7) is 0.678. The maximum Gasteiger partial charge on any atom is 0.223 e. The SMILES string of the molecule is C#CCCC(=O)N(C)C1CCCCC1CN. The number of hydrogen-bond acceptors (Lipinski definition) is 2. The van der Waals surface area contributed by atoms with Crippen molar-refractivity contribution < 1.29 is 4.79 Å². The third kappa shape index (κ3) is 3.24. The summed E-state index contributed by atoms with van der Waals surface area (Å²) < 4.78 is 0. The van der Waals surface area contributed by atoms with E-state index in [4.69, 9.17) is 12.2 Å². The maximum atomic E-state index is 11.9. The zero-order chi connectivity index (χ0) is 12.0. The molecule has 1 fully saturated rings. The molecule has 1 saturated carbocycles. The minimum atomic E-state index is 0.156. The summed E-state index contributed by atoms with van der Waals surface area (Å²) in [4.78, 5) is 13.7. The molecule has 0 aromatic heterocycles. The Labute approximate surface area is 98.4 Å². The number of amides is 1. The van der Waals surface area contributed by atoms with Crippen molar-refractivity contribution in [3.8, 4) is 12.3 Å². The molecule has 1 aliphatic rings. The lowest BCUT2D eigenvalue weighted by Crippen LogP contribution is -2.45. The zero-order valence-electron chi connectivity index (χ0n) is 10.1. The van der Waals surface area contributed by atoms with Crippen LogP contribution in [0.15, 0.2) is 0 Å². The molecule has 1 aliphatic carbocycles.